The molecule has 0 unspecified atom stereocenters. The molecular formula is C26H36F3NO. The highest BCUT2D eigenvalue weighted by Crippen LogP contribution is 2.29. The van der Waals surface area contributed by atoms with Gasteiger partial charge >= 0.3 is 6.18 Å². The molecule has 0 spiro atoms. The fourth-order valence-electron chi connectivity index (χ4n) is 3.66. The lowest BCUT2D eigenvalue weighted by atomic mass is 10.0. The normalized spacial score (nSPS) is 11.7. The van der Waals surface area contributed by atoms with Crippen LogP contribution in [-0.4, -0.2) is 11.7 Å². The van der Waals surface area contributed by atoms with Crippen molar-refractivity contribution in [2.45, 2.75) is 83.5 Å². The highest BCUT2D eigenvalue weighted by atomic mass is 19.4. The summed E-state index contributed by atoms with van der Waals surface area (Å²) in [6.07, 6.45) is 7.84. The summed E-state index contributed by atoms with van der Waals surface area (Å²) in [5.74, 6) is 0. The Hall–Kier alpha value is -1.85. The number of hydrogen-bond acceptors (Lipinski definition) is 2. The highest BCUT2D eigenvalue weighted by molar-refractivity contribution is 5.25. The molecule has 0 bridgehead atoms. The molecule has 0 aromatic heterocycles. The van der Waals surface area contributed by atoms with Crippen molar-refractivity contribution in [3.8, 4) is 0 Å². The van der Waals surface area contributed by atoms with Crippen molar-refractivity contribution in [2.24, 2.45) is 0 Å². The third-order valence-electron chi connectivity index (χ3n) is 5.59. The summed E-state index contributed by atoms with van der Waals surface area (Å²) in [5, 5.41) is 12.0. The second kappa shape index (κ2) is 14.3. The molecule has 0 saturated heterocycles. The van der Waals surface area contributed by atoms with Gasteiger partial charge in [-0.2, -0.15) is 13.2 Å². The van der Waals surface area contributed by atoms with Crippen molar-refractivity contribution in [3.05, 3.63) is 70.8 Å². The molecule has 0 saturated carbocycles. The third kappa shape index (κ3) is 10.8. The Morgan fingerprint density at radius 3 is 1.48 bits per heavy atom. The molecule has 0 amide bonds. The predicted molar refractivity (Wildman–Crippen MR) is 121 cm³/mol. The van der Waals surface area contributed by atoms with Crippen LogP contribution in [0.25, 0.3) is 0 Å². The summed E-state index contributed by atoms with van der Waals surface area (Å²) in [6, 6.07) is 13.9. The minimum Gasteiger partial charge on any atom is -0.396 e. The number of unbranched alkanes of at least 4 members (excludes halogenated alkanes) is 8. The van der Waals surface area contributed by atoms with E-state index < -0.39 is 11.7 Å². The van der Waals surface area contributed by atoms with Crippen LogP contribution in [-0.2, 0) is 25.7 Å². The molecule has 2 nitrogen and oxygen atoms in total. The molecule has 2 N–H and O–H groups in total. The van der Waals surface area contributed by atoms with E-state index in [1.54, 1.807) is 0 Å². The molecule has 0 aliphatic carbocycles. The van der Waals surface area contributed by atoms with Crippen molar-refractivity contribution in [3.63, 3.8) is 0 Å². The van der Waals surface area contributed by atoms with Gasteiger partial charge in [-0.25, -0.2) is 0 Å². The van der Waals surface area contributed by atoms with Crippen LogP contribution in [0.5, 0.6) is 0 Å². The minimum absolute atomic E-state index is 0.320. The monoisotopic (exact) mass is 435 g/mol. The zero-order chi connectivity index (χ0) is 22.4. The fraction of sp³-hybridized carbons (Fsp3) is 0.538. The SMILES string of the molecule is OCCCCCCCCCCCc1ccc(CNCc2ccc(C(F)(F)F)cc2)cc1. The number of aliphatic hydroxyl groups excluding tert-OH is 1. The number of halogens is 3. The van der Waals surface area contributed by atoms with Gasteiger partial charge in [-0.3, -0.25) is 0 Å². The molecule has 0 radical (unpaired) electrons. The van der Waals surface area contributed by atoms with Gasteiger partial charge in [-0.05, 0) is 48.1 Å². The Labute approximate surface area is 184 Å². The maximum atomic E-state index is 12.6. The molecule has 5 heteroatoms. The molecule has 172 valence electrons. The van der Waals surface area contributed by atoms with Crippen molar-refractivity contribution in [1.29, 1.82) is 0 Å². The van der Waals surface area contributed by atoms with Gasteiger partial charge in [-0.1, -0.05) is 81.3 Å². The summed E-state index contributed by atoms with van der Waals surface area (Å²) in [5.41, 5.74) is 2.77. The van der Waals surface area contributed by atoms with E-state index in [-0.39, 0.29) is 0 Å². The second-order valence-corrected chi connectivity index (χ2v) is 8.27. The van der Waals surface area contributed by atoms with E-state index in [2.05, 4.69) is 29.6 Å². The molecule has 0 aliphatic rings. The first kappa shape index (κ1) is 25.4. The molecule has 2 aromatic carbocycles. The van der Waals surface area contributed by atoms with E-state index in [4.69, 9.17) is 5.11 Å². The van der Waals surface area contributed by atoms with Crippen LogP contribution in [0.1, 0.15) is 80.0 Å². The molecular weight excluding hydrogens is 399 g/mol. The van der Waals surface area contributed by atoms with E-state index >= 15 is 0 Å². The lowest BCUT2D eigenvalue weighted by Crippen LogP contribution is -2.13. The van der Waals surface area contributed by atoms with Crippen LogP contribution in [0.3, 0.4) is 0 Å². The predicted octanol–water partition coefficient (Wildman–Crippen LogP) is 7.04. The van der Waals surface area contributed by atoms with Crippen LogP contribution in [0.2, 0.25) is 0 Å². The minimum atomic E-state index is -4.28. The van der Waals surface area contributed by atoms with E-state index in [0.717, 1.165) is 37.0 Å². The number of rotatable bonds is 15. The molecule has 0 atom stereocenters. The molecule has 2 aromatic rings. The number of aryl methyl sites for hydroxylation is 1. The van der Waals surface area contributed by atoms with Gasteiger partial charge in [0.1, 0.15) is 0 Å². The first-order chi connectivity index (χ1) is 15.0. The quantitative estimate of drug-likeness (QED) is 0.294. The maximum Gasteiger partial charge on any atom is 0.416 e. The number of hydrogen-bond donors (Lipinski definition) is 2. The first-order valence-corrected chi connectivity index (χ1v) is 11.5. The van der Waals surface area contributed by atoms with Crippen molar-refractivity contribution >= 4 is 0 Å². The number of alkyl halides is 3. The first-order valence-electron chi connectivity index (χ1n) is 11.5. The molecule has 0 heterocycles. The summed E-state index contributed by atoms with van der Waals surface area (Å²) < 4.78 is 37.8. The summed E-state index contributed by atoms with van der Waals surface area (Å²) in [4.78, 5) is 0. The zero-order valence-electron chi connectivity index (χ0n) is 18.4. The van der Waals surface area contributed by atoms with Crippen LogP contribution in [0, 0.1) is 0 Å². The summed E-state index contributed by atoms with van der Waals surface area (Å²) in [7, 11) is 0. The number of aliphatic hydroxyl groups is 1. The fourth-order valence-corrected chi connectivity index (χ4v) is 3.66. The lowest BCUT2D eigenvalue weighted by Gasteiger charge is -2.09. The average molecular weight is 436 g/mol. The van der Waals surface area contributed by atoms with Gasteiger partial charge < -0.3 is 10.4 Å². The number of nitrogens with one attached hydrogen (secondary N) is 1. The van der Waals surface area contributed by atoms with Gasteiger partial charge in [0.15, 0.2) is 0 Å². The van der Waals surface area contributed by atoms with Gasteiger partial charge in [0, 0.05) is 19.7 Å². The smallest absolute Gasteiger partial charge is 0.396 e. The van der Waals surface area contributed by atoms with Gasteiger partial charge in [0.25, 0.3) is 0 Å². The van der Waals surface area contributed by atoms with E-state index in [1.807, 2.05) is 0 Å². The van der Waals surface area contributed by atoms with E-state index in [9.17, 15) is 13.2 Å². The topological polar surface area (TPSA) is 32.3 Å². The second-order valence-electron chi connectivity index (χ2n) is 8.27. The van der Waals surface area contributed by atoms with Crippen LogP contribution in [0.15, 0.2) is 48.5 Å². The van der Waals surface area contributed by atoms with Crippen LogP contribution in [0.4, 0.5) is 13.2 Å². The lowest BCUT2D eigenvalue weighted by molar-refractivity contribution is -0.137. The molecule has 31 heavy (non-hydrogen) atoms. The Balaban J connectivity index is 1.55. The van der Waals surface area contributed by atoms with Gasteiger partial charge in [0.2, 0.25) is 0 Å². The Morgan fingerprint density at radius 1 is 0.581 bits per heavy atom. The molecule has 2 rings (SSSR count). The number of benzene rings is 2. The maximum absolute atomic E-state index is 12.6. The molecule has 0 aliphatic heterocycles. The molecule has 0 fully saturated rings. The summed E-state index contributed by atoms with van der Waals surface area (Å²) >= 11 is 0. The third-order valence-corrected chi connectivity index (χ3v) is 5.59. The van der Waals surface area contributed by atoms with E-state index in [1.165, 1.54) is 68.2 Å². The van der Waals surface area contributed by atoms with E-state index in [0.29, 0.717) is 19.7 Å². The van der Waals surface area contributed by atoms with Crippen molar-refractivity contribution in [1.82, 2.24) is 5.32 Å². The Kier molecular flexibility index (Phi) is 11.7. The van der Waals surface area contributed by atoms with Gasteiger partial charge in [0.05, 0.1) is 5.56 Å². The Bertz CT molecular complexity index is 711. The standard InChI is InChI=1S/C26H36F3NO/c27-26(28,29)25-17-15-24(16-18-25)21-30-20-23-13-11-22(12-14-23)10-8-6-4-2-1-3-5-7-9-19-31/h11-18,30-31H,1-10,19-21H2. The van der Waals surface area contributed by atoms with Crippen molar-refractivity contribution in [2.75, 3.05) is 6.61 Å². The largest absolute Gasteiger partial charge is 0.416 e. The average Bonchev–Trinajstić information content (AvgIpc) is 2.76. The van der Waals surface area contributed by atoms with Gasteiger partial charge in [-0.15, -0.1) is 0 Å². The van der Waals surface area contributed by atoms with Crippen molar-refractivity contribution < 1.29 is 18.3 Å². The Morgan fingerprint density at radius 2 is 1.00 bits per heavy atom. The highest BCUT2D eigenvalue weighted by Gasteiger charge is 2.29. The van der Waals surface area contributed by atoms with Crippen LogP contribution >= 0.6 is 0 Å². The summed E-state index contributed by atoms with van der Waals surface area (Å²) in [6.45, 7) is 1.56. The van der Waals surface area contributed by atoms with Crippen LogP contribution < -0.4 is 5.32 Å². The zero-order valence-corrected chi connectivity index (χ0v) is 18.4.